The molecule has 0 spiro atoms. The van der Waals surface area contributed by atoms with Crippen molar-refractivity contribution in [2.75, 3.05) is 0 Å². The smallest absolute Gasteiger partial charge is 0.191 e. The number of halogens is 1. The average molecular weight is 242 g/mol. The van der Waals surface area contributed by atoms with Crippen LogP contribution in [-0.4, -0.2) is 5.96 Å². The molecule has 1 aromatic carbocycles. The summed E-state index contributed by atoms with van der Waals surface area (Å²) in [5.41, 5.74) is 13.6. The first-order valence-corrected chi connectivity index (χ1v) is 4.67. The molecule has 0 amide bonds. The van der Waals surface area contributed by atoms with Gasteiger partial charge >= 0.3 is 0 Å². The third kappa shape index (κ3) is 2.21. The van der Waals surface area contributed by atoms with Crippen molar-refractivity contribution < 1.29 is 0 Å². The van der Waals surface area contributed by atoms with Crippen molar-refractivity contribution in [3.63, 3.8) is 0 Å². The summed E-state index contributed by atoms with van der Waals surface area (Å²) in [4.78, 5) is 4.06. The molecule has 70 valence electrons. The number of aliphatic imine (C=N–C) groups is 1. The van der Waals surface area contributed by atoms with Crippen LogP contribution in [0.25, 0.3) is 0 Å². The minimum Gasteiger partial charge on any atom is -0.370 e. The molecule has 0 aliphatic rings. The Morgan fingerprint density at radius 2 is 1.92 bits per heavy atom. The Hall–Kier alpha value is -1.03. The number of hydrogen-bond acceptors (Lipinski definition) is 1. The van der Waals surface area contributed by atoms with E-state index >= 15 is 0 Å². The molecular weight excluding hydrogens is 230 g/mol. The molecule has 4 heteroatoms. The summed E-state index contributed by atoms with van der Waals surface area (Å²) in [5.74, 6) is 0.0873. The maximum absolute atomic E-state index is 5.32. The van der Waals surface area contributed by atoms with Crippen molar-refractivity contribution in [1.82, 2.24) is 0 Å². The zero-order valence-corrected chi connectivity index (χ0v) is 9.22. The molecule has 0 atom stereocenters. The second kappa shape index (κ2) is 3.79. The van der Waals surface area contributed by atoms with E-state index in [0.29, 0.717) is 0 Å². The summed E-state index contributed by atoms with van der Waals surface area (Å²) < 4.78 is 1.01. The van der Waals surface area contributed by atoms with Crippen LogP contribution in [0.3, 0.4) is 0 Å². The van der Waals surface area contributed by atoms with E-state index in [4.69, 9.17) is 11.5 Å². The van der Waals surface area contributed by atoms with Gasteiger partial charge in [-0.2, -0.15) is 0 Å². The molecular formula is C9H12BrN3. The fourth-order valence-corrected chi connectivity index (χ4v) is 1.43. The van der Waals surface area contributed by atoms with Gasteiger partial charge in [-0.15, -0.1) is 0 Å². The Bertz CT molecular complexity index is 354. The van der Waals surface area contributed by atoms with Crippen LogP contribution in [0.2, 0.25) is 0 Å². The quantitative estimate of drug-likeness (QED) is 0.584. The maximum Gasteiger partial charge on any atom is 0.191 e. The molecule has 0 aromatic heterocycles. The first-order valence-electron chi connectivity index (χ1n) is 3.87. The topological polar surface area (TPSA) is 64.4 Å². The summed E-state index contributed by atoms with van der Waals surface area (Å²) in [7, 11) is 0. The highest BCUT2D eigenvalue weighted by Crippen LogP contribution is 2.29. The summed E-state index contributed by atoms with van der Waals surface area (Å²) in [6.07, 6.45) is 0. The van der Waals surface area contributed by atoms with Gasteiger partial charge in [0.1, 0.15) is 0 Å². The molecule has 0 radical (unpaired) electrons. The summed E-state index contributed by atoms with van der Waals surface area (Å²) in [6, 6.07) is 3.95. The van der Waals surface area contributed by atoms with E-state index in [-0.39, 0.29) is 5.96 Å². The number of nitrogens with zero attached hydrogens (tertiary/aromatic N) is 1. The van der Waals surface area contributed by atoms with Crippen LogP contribution in [0.15, 0.2) is 21.6 Å². The normalized spacial score (nSPS) is 9.77. The van der Waals surface area contributed by atoms with Crippen LogP contribution in [0.5, 0.6) is 0 Å². The van der Waals surface area contributed by atoms with Crippen molar-refractivity contribution in [2.24, 2.45) is 16.5 Å². The van der Waals surface area contributed by atoms with Gasteiger partial charge in [-0.1, -0.05) is 22.0 Å². The zero-order valence-electron chi connectivity index (χ0n) is 7.63. The van der Waals surface area contributed by atoms with Gasteiger partial charge in [-0.3, -0.25) is 0 Å². The highest BCUT2D eigenvalue weighted by atomic mass is 79.9. The molecule has 0 aliphatic carbocycles. The summed E-state index contributed by atoms with van der Waals surface area (Å²) in [5, 5.41) is 0. The van der Waals surface area contributed by atoms with Crippen LogP contribution in [0.1, 0.15) is 11.1 Å². The molecule has 0 fully saturated rings. The molecule has 1 rings (SSSR count). The first kappa shape index (κ1) is 10.1. The lowest BCUT2D eigenvalue weighted by Crippen LogP contribution is -2.22. The van der Waals surface area contributed by atoms with Gasteiger partial charge in [0.15, 0.2) is 5.96 Å². The van der Waals surface area contributed by atoms with Gasteiger partial charge in [-0.25, -0.2) is 4.99 Å². The Labute approximate surface area is 86.0 Å². The Balaban J connectivity index is 3.34. The Morgan fingerprint density at radius 1 is 1.31 bits per heavy atom. The van der Waals surface area contributed by atoms with Gasteiger partial charge in [0.2, 0.25) is 0 Å². The molecule has 13 heavy (non-hydrogen) atoms. The molecule has 0 bridgehead atoms. The number of aryl methyl sites for hydroxylation is 1. The summed E-state index contributed by atoms with van der Waals surface area (Å²) >= 11 is 3.42. The molecule has 0 heterocycles. The molecule has 0 saturated carbocycles. The largest absolute Gasteiger partial charge is 0.370 e. The standard InChI is InChI=1S/C9H12BrN3/c1-5-3-4-7(10)6(2)8(5)13-9(11)12/h3-4H,1-2H3,(H4,11,12,13). The van der Waals surface area contributed by atoms with E-state index in [1.54, 1.807) is 0 Å². The predicted molar refractivity (Wildman–Crippen MR) is 59.1 cm³/mol. The third-order valence-corrected chi connectivity index (χ3v) is 2.67. The second-order valence-corrected chi connectivity index (χ2v) is 3.73. The SMILES string of the molecule is Cc1ccc(Br)c(C)c1N=C(N)N. The van der Waals surface area contributed by atoms with E-state index < -0.39 is 0 Å². The zero-order chi connectivity index (χ0) is 10.0. The lowest BCUT2D eigenvalue weighted by Gasteiger charge is -2.06. The second-order valence-electron chi connectivity index (χ2n) is 2.87. The molecule has 1 aromatic rings. The van der Waals surface area contributed by atoms with Crippen molar-refractivity contribution >= 4 is 27.6 Å². The maximum atomic E-state index is 5.32. The highest BCUT2D eigenvalue weighted by molar-refractivity contribution is 9.10. The van der Waals surface area contributed by atoms with Gasteiger partial charge in [-0.05, 0) is 31.0 Å². The highest BCUT2D eigenvalue weighted by Gasteiger charge is 2.04. The van der Waals surface area contributed by atoms with E-state index in [9.17, 15) is 0 Å². The van der Waals surface area contributed by atoms with Gasteiger partial charge in [0, 0.05) is 4.47 Å². The Morgan fingerprint density at radius 3 is 2.46 bits per heavy atom. The molecule has 0 unspecified atom stereocenters. The number of rotatable bonds is 1. The van der Waals surface area contributed by atoms with Crippen LogP contribution in [0, 0.1) is 13.8 Å². The van der Waals surface area contributed by atoms with Crippen molar-refractivity contribution in [2.45, 2.75) is 13.8 Å². The van der Waals surface area contributed by atoms with Crippen LogP contribution in [-0.2, 0) is 0 Å². The van der Waals surface area contributed by atoms with E-state index in [1.165, 1.54) is 0 Å². The van der Waals surface area contributed by atoms with Crippen LogP contribution >= 0.6 is 15.9 Å². The number of nitrogens with two attached hydrogens (primary N) is 2. The monoisotopic (exact) mass is 241 g/mol. The number of hydrogen-bond donors (Lipinski definition) is 2. The number of benzene rings is 1. The van der Waals surface area contributed by atoms with Crippen LogP contribution in [0.4, 0.5) is 5.69 Å². The Kier molecular flexibility index (Phi) is 2.93. The molecule has 0 saturated heterocycles. The lowest BCUT2D eigenvalue weighted by atomic mass is 10.1. The third-order valence-electron chi connectivity index (χ3n) is 1.81. The fourth-order valence-electron chi connectivity index (χ4n) is 1.11. The first-order chi connectivity index (χ1) is 6.02. The van der Waals surface area contributed by atoms with Crippen molar-refractivity contribution in [3.05, 3.63) is 27.7 Å². The van der Waals surface area contributed by atoms with Gasteiger partial charge in [0.25, 0.3) is 0 Å². The molecule has 4 N–H and O–H groups in total. The minimum absolute atomic E-state index is 0.0873. The van der Waals surface area contributed by atoms with E-state index in [2.05, 4.69) is 20.9 Å². The van der Waals surface area contributed by atoms with Gasteiger partial charge < -0.3 is 11.5 Å². The molecule has 3 nitrogen and oxygen atoms in total. The minimum atomic E-state index is 0.0873. The van der Waals surface area contributed by atoms with E-state index in [0.717, 1.165) is 21.3 Å². The van der Waals surface area contributed by atoms with Crippen molar-refractivity contribution in [1.29, 1.82) is 0 Å². The average Bonchev–Trinajstić information content (AvgIpc) is 2.05. The van der Waals surface area contributed by atoms with E-state index in [1.807, 2.05) is 26.0 Å². The van der Waals surface area contributed by atoms with Gasteiger partial charge in [0.05, 0.1) is 5.69 Å². The van der Waals surface area contributed by atoms with Crippen LogP contribution < -0.4 is 11.5 Å². The fraction of sp³-hybridized carbons (Fsp3) is 0.222. The predicted octanol–water partition coefficient (Wildman–Crippen LogP) is 1.97. The lowest BCUT2D eigenvalue weighted by molar-refractivity contribution is 1.29. The van der Waals surface area contributed by atoms with Crippen molar-refractivity contribution in [3.8, 4) is 0 Å². The number of guanidine groups is 1. The molecule has 0 aliphatic heterocycles. The summed E-state index contributed by atoms with van der Waals surface area (Å²) in [6.45, 7) is 3.94.